The summed E-state index contributed by atoms with van der Waals surface area (Å²) in [6.07, 6.45) is 8.16. The van der Waals surface area contributed by atoms with Gasteiger partial charge >= 0.3 is 0 Å². The first-order valence-electron chi connectivity index (χ1n) is 9.49. The van der Waals surface area contributed by atoms with Crippen molar-refractivity contribution in [3.05, 3.63) is 23.9 Å². The molecule has 2 N–H and O–H groups in total. The molecule has 0 spiro atoms. The Morgan fingerprint density at radius 3 is 2.96 bits per heavy atom. The fraction of sp³-hybridized carbons (Fsp3) is 0.684. The zero-order chi connectivity index (χ0) is 18.4. The van der Waals surface area contributed by atoms with Crippen LogP contribution in [0, 0.1) is 0 Å². The number of nitrogens with zero attached hydrogens (tertiary/aromatic N) is 3. The summed E-state index contributed by atoms with van der Waals surface area (Å²) in [6.45, 7) is 5.41. The van der Waals surface area contributed by atoms with E-state index in [9.17, 15) is 0 Å². The molecule has 0 aromatic carbocycles. The lowest BCUT2D eigenvalue weighted by Gasteiger charge is -2.32. The highest BCUT2D eigenvalue weighted by molar-refractivity contribution is 7.99. The predicted octanol–water partition coefficient (Wildman–Crippen LogP) is 2.26. The van der Waals surface area contributed by atoms with Gasteiger partial charge in [-0.3, -0.25) is 4.99 Å². The second-order valence-electron chi connectivity index (χ2n) is 7.09. The van der Waals surface area contributed by atoms with Crippen LogP contribution in [0.15, 0.2) is 23.3 Å². The van der Waals surface area contributed by atoms with Gasteiger partial charge in [-0.05, 0) is 44.1 Å². The summed E-state index contributed by atoms with van der Waals surface area (Å²) in [5.74, 6) is 1.91. The highest BCUT2D eigenvalue weighted by Gasteiger charge is 2.24. The third-order valence-corrected chi connectivity index (χ3v) is 6.21. The zero-order valence-electron chi connectivity index (χ0n) is 16.1. The van der Waals surface area contributed by atoms with Gasteiger partial charge in [0, 0.05) is 44.2 Å². The van der Waals surface area contributed by atoms with E-state index < -0.39 is 0 Å². The molecular weight excluding hydrogens is 346 g/mol. The van der Waals surface area contributed by atoms with Crippen LogP contribution in [0.2, 0.25) is 0 Å². The van der Waals surface area contributed by atoms with Crippen molar-refractivity contribution >= 4 is 23.5 Å². The number of aliphatic imine (C=N–C) groups is 1. The Bertz CT molecular complexity index is 594. The molecule has 3 atom stereocenters. The summed E-state index contributed by atoms with van der Waals surface area (Å²) >= 11 is 1.97. The lowest BCUT2D eigenvalue weighted by atomic mass is 10.2. The van der Waals surface area contributed by atoms with Crippen molar-refractivity contribution in [3.8, 4) is 0 Å². The van der Waals surface area contributed by atoms with Gasteiger partial charge in [-0.15, -0.1) is 0 Å². The average molecular weight is 378 g/mol. The maximum absolute atomic E-state index is 5.60. The zero-order valence-corrected chi connectivity index (χ0v) is 16.9. The molecule has 2 heterocycles. The van der Waals surface area contributed by atoms with Crippen LogP contribution < -0.4 is 15.5 Å². The Hall–Kier alpha value is -1.47. The van der Waals surface area contributed by atoms with Crippen molar-refractivity contribution in [1.29, 1.82) is 0 Å². The first-order valence-corrected chi connectivity index (χ1v) is 10.8. The van der Waals surface area contributed by atoms with Crippen LogP contribution in [-0.2, 0) is 11.3 Å². The number of pyridine rings is 1. The number of morpholine rings is 1. The van der Waals surface area contributed by atoms with Gasteiger partial charge in [-0.25, -0.2) is 4.98 Å². The van der Waals surface area contributed by atoms with Crippen molar-refractivity contribution in [2.45, 2.75) is 50.1 Å². The third-order valence-electron chi connectivity index (χ3n) is 5.12. The summed E-state index contributed by atoms with van der Waals surface area (Å²) in [4.78, 5) is 11.3. The van der Waals surface area contributed by atoms with Crippen LogP contribution in [-0.4, -0.2) is 61.3 Å². The summed E-state index contributed by atoms with van der Waals surface area (Å²) in [7, 11) is 1.83. The lowest BCUT2D eigenvalue weighted by Crippen LogP contribution is -2.42. The number of rotatable bonds is 5. The van der Waals surface area contributed by atoms with Crippen molar-refractivity contribution < 1.29 is 4.74 Å². The third kappa shape index (κ3) is 5.27. The van der Waals surface area contributed by atoms with Crippen molar-refractivity contribution in [1.82, 2.24) is 15.6 Å². The van der Waals surface area contributed by atoms with Gasteiger partial charge < -0.3 is 20.3 Å². The first kappa shape index (κ1) is 19.3. The normalized spacial score (nSPS) is 26.8. The molecule has 1 saturated heterocycles. The molecule has 1 aromatic heterocycles. The highest BCUT2D eigenvalue weighted by atomic mass is 32.2. The van der Waals surface area contributed by atoms with Crippen LogP contribution in [0.3, 0.4) is 0 Å². The molecule has 26 heavy (non-hydrogen) atoms. The van der Waals surface area contributed by atoms with Crippen molar-refractivity contribution in [2.24, 2.45) is 4.99 Å². The summed E-state index contributed by atoms with van der Waals surface area (Å²) in [5, 5.41) is 7.74. The molecule has 1 aliphatic heterocycles. The number of aromatic nitrogens is 1. The maximum atomic E-state index is 5.60. The van der Waals surface area contributed by atoms with E-state index in [0.29, 0.717) is 6.04 Å². The quantitative estimate of drug-likeness (QED) is 0.606. The molecule has 6 nitrogen and oxygen atoms in total. The second-order valence-corrected chi connectivity index (χ2v) is 8.23. The molecule has 144 valence electrons. The lowest BCUT2D eigenvalue weighted by molar-refractivity contribution is 0.0529. The number of ether oxygens (including phenoxy) is 1. The van der Waals surface area contributed by atoms with Crippen LogP contribution >= 0.6 is 11.8 Å². The van der Waals surface area contributed by atoms with E-state index >= 15 is 0 Å². The Labute approximate surface area is 161 Å². The van der Waals surface area contributed by atoms with Crippen molar-refractivity contribution in [3.63, 3.8) is 0 Å². The molecule has 2 fully saturated rings. The molecule has 0 radical (unpaired) electrons. The minimum atomic E-state index is 0.266. The van der Waals surface area contributed by atoms with Crippen LogP contribution in [0.1, 0.15) is 31.7 Å². The van der Waals surface area contributed by atoms with E-state index in [2.05, 4.69) is 50.8 Å². The minimum Gasteiger partial charge on any atom is -0.375 e. The van der Waals surface area contributed by atoms with Gasteiger partial charge in [0.25, 0.3) is 0 Å². The molecule has 0 bridgehead atoms. The predicted molar refractivity (Wildman–Crippen MR) is 110 cm³/mol. The van der Waals surface area contributed by atoms with Crippen molar-refractivity contribution in [2.75, 3.05) is 37.9 Å². The Kier molecular flexibility index (Phi) is 7.02. The molecule has 1 aromatic rings. The molecular formula is C19H31N5OS. The molecule has 1 aliphatic carbocycles. The van der Waals surface area contributed by atoms with E-state index in [4.69, 9.17) is 4.74 Å². The van der Waals surface area contributed by atoms with Gasteiger partial charge in [0.2, 0.25) is 0 Å². The molecule has 3 unspecified atom stereocenters. The maximum Gasteiger partial charge on any atom is 0.191 e. The standard InChI is InChI=1S/C19H31N5OS/c1-14-13-24(8-9-25-14)18-7-4-15(11-21-18)12-22-19(20-2)23-16-5-6-17(10-16)26-3/h4,7,11,14,16-17H,5-6,8-10,12-13H2,1-3H3,(H2,20,22,23). The molecule has 3 rings (SSSR count). The second kappa shape index (κ2) is 9.46. The monoisotopic (exact) mass is 377 g/mol. The smallest absolute Gasteiger partial charge is 0.191 e. The van der Waals surface area contributed by atoms with Crippen LogP contribution in [0.4, 0.5) is 5.82 Å². The number of anilines is 1. The summed E-state index contributed by atoms with van der Waals surface area (Å²) in [5.41, 5.74) is 1.16. The average Bonchev–Trinajstić information content (AvgIpc) is 3.13. The van der Waals surface area contributed by atoms with Crippen LogP contribution in [0.25, 0.3) is 0 Å². The van der Waals surface area contributed by atoms with E-state index in [-0.39, 0.29) is 6.10 Å². The van der Waals surface area contributed by atoms with E-state index in [0.717, 1.165) is 48.8 Å². The van der Waals surface area contributed by atoms with Gasteiger partial charge in [0.1, 0.15) is 5.82 Å². The fourth-order valence-electron chi connectivity index (χ4n) is 3.59. The topological polar surface area (TPSA) is 61.8 Å². The molecule has 7 heteroatoms. The molecule has 1 saturated carbocycles. The molecule has 2 aliphatic rings. The largest absolute Gasteiger partial charge is 0.375 e. The SMILES string of the molecule is CN=C(NCc1ccc(N2CCOC(C)C2)nc1)NC1CCC(SC)C1. The fourth-order valence-corrected chi connectivity index (χ4v) is 4.39. The number of hydrogen-bond acceptors (Lipinski definition) is 5. The summed E-state index contributed by atoms with van der Waals surface area (Å²) < 4.78 is 5.60. The Balaban J connectivity index is 1.47. The summed E-state index contributed by atoms with van der Waals surface area (Å²) in [6, 6.07) is 4.77. The number of thioether (sulfide) groups is 1. The van der Waals surface area contributed by atoms with Gasteiger partial charge in [0.15, 0.2) is 5.96 Å². The van der Waals surface area contributed by atoms with Crippen LogP contribution in [0.5, 0.6) is 0 Å². The number of hydrogen-bond donors (Lipinski definition) is 2. The van der Waals surface area contributed by atoms with E-state index in [1.54, 1.807) is 0 Å². The first-order chi connectivity index (χ1) is 12.7. The van der Waals surface area contributed by atoms with E-state index in [1.807, 2.05) is 25.0 Å². The highest BCUT2D eigenvalue weighted by Crippen LogP contribution is 2.28. The van der Waals surface area contributed by atoms with Gasteiger partial charge in [-0.2, -0.15) is 11.8 Å². The Morgan fingerprint density at radius 1 is 1.42 bits per heavy atom. The Morgan fingerprint density at radius 2 is 2.31 bits per heavy atom. The minimum absolute atomic E-state index is 0.266. The number of nitrogens with one attached hydrogen (secondary N) is 2. The number of guanidine groups is 1. The molecule has 0 amide bonds. The van der Waals surface area contributed by atoms with E-state index in [1.165, 1.54) is 19.3 Å². The van der Waals surface area contributed by atoms with Gasteiger partial charge in [-0.1, -0.05) is 6.07 Å². The van der Waals surface area contributed by atoms with Gasteiger partial charge in [0.05, 0.1) is 12.7 Å².